The molecule has 0 fully saturated rings. The molecule has 0 saturated carbocycles. The maximum absolute atomic E-state index is 11.0. The summed E-state index contributed by atoms with van der Waals surface area (Å²) in [6, 6.07) is 4.97. The number of unbranched alkanes of at least 4 members (excludes halogenated alkanes) is 2. The van der Waals surface area contributed by atoms with Gasteiger partial charge in [-0.2, -0.15) is 16.8 Å². The molecule has 0 bridgehead atoms. The molecule has 13 nitrogen and oxygen atoms in total. The second kappa shape index (κ2) is 14.2. The molecule has 0 aliphatic carbocycles. The van der Waals surface area contributed by atoms with Crippen molar-refractivity contribution in [2.24, 2.45) is 10.2 Å². The molecule has 0 atom stereocenters. The summed E-state index contributed by atoms with van der Waals surface area (Å²) in [5.74, 6) is -1.87. The Morgan fingerprint density at radius 3 is 2.14 bits per heavy atom. The smallest absolute Gasteiger partial charge is 0.313 e. The summed E-state index contributed by atoms with van der Waals surface area (Å²) in [6.45, 7) is 0.834. The highest BCUT2D eigenvalue weighted by Gasteiger charge is 2.13. The van der Waals surface area contributed by atoms with E-state index in [1.807, 2.05) is 4.90 Å². The molecule has 200 valence electrons. The minimum absolute atomic E-state index is 0.152. The number of carbonyl (C=O) groups is 1. The van der Waals surface area contributed by atoms with Crippen LogP contribution in [0.25, 0.3) is 0 Å². The normalized spacial score (nSPS) is 12.3. The SMILES string of the molecule is O=C(O)CSc1nnc(N=Nc2ccc(N(CCCCS(=O)(=O)O)CCCCS(=O)(=O)O)cc2Cl)s1. The van der Waals surface area contributed by atoms with Crippen LogP contribution in [-0.4, -0.2) is 77.6 Å². The molecule has 0 radical (unpaired) electrons. The predicted molar refractivity (Wildman–Crippen MR) is 137 cm³/mol. The molecule has 3 N–H and O–H groups in total. The number of azo groups is 1. The molecule has 2 rings (SSSR count). The molecule has 1 aromatic heterocycles. The van der Waals surface area contributed by atoms with Crippen LogP contribution in [0.2, 0.25) is 5.02 Å². The quantitative estimate of drug-likeness (QED) is 0.108. The third-order valence-electron chi connectivity index (χ3n) is 4.42. The molecule has 1 heterocycles. The van der Waals surface area contributed by atoms with Crippen LogP contribution in [-0.2, 0) is 25.0 Å². The molecule has 0 aliphatic rings. The van der Waals surface area contributed by atoms with Gasteiger partial charge in [0.1, 0.15) is 5.69 Å². The Morgan fingerprint density at radius 2 is 1.61 bits per heavy atom. The standard InChI is InChI=1S/C18H24ClN5O8S4/c19-14-11-13(5-6-15(14)20-21-17-22-23-18(34-17)33-12-16(25)26)24(7-1-3-9-35(27,28)29)8-2-4-10-36(30,31)32/h5-6,11H,1-4,7-10,12H2,(H,25,26)(H,27,28,29)(H,30,31,32). The first kappa shape index (κ1) is 30.3. The first-order valence-electron chi connectivity index (χ1n) is 10.4. The number of rotatable bonds is 16. The number of carboxylic acid groups (broad SMARTS) is 1. The van der Waals surface area contributed by atoms with Crippen molar-refractivity contribution in [3.05, 3.63) is 23.2 Å². The Labute approximate surface area is 221 Å². The number of nitrogens with zero attached hydrogens (tertiary/aromatic N) is 5. The van der Waals surface area contributed by atoms with Crippen molar-refractivity contribution in [3.8, 4) is 0 Å². The lowest BCUT2D eigenvalue weighted by atomic mass is 10.2. The molecular weight excluding hydrogens is 578 g/mol. The van der Waals surface area contributed by atoms with E-state index in [0.717, 1.165) is 23.1 Å². The van der Waals surface area contributed by atoms with E-state index in [4.69, 9.17) is 25.8 Å². The van der Waals surface area contributed by atoms with Gasteiger partial charge in [-0.15, -0.1) is 20.4 Å². The Kier molecular flexibility index (Phi) is 11.9. The first-order valence-corrected chi connectivity index (χ1v) is 15.8. The van der Waals surface area contributed by atoms with Gasteiger partial charge < -0.3 is 10.0 Å². The largest absolute Gasteiger partial charge is 0.481 e. The first-order chi connectivity index (χ1) is 16.8. The number of aromatic nitrogens is 2. The molecule has 1 aromatic carbocycles. The summed E-state index contributed by atoms with van der Waals surface area (Å²) >= 11 is 8.46. The van der Waals surface area contributed by atoms with Crippen molar-refractivity contribution in [2.75, 3.05) is 35.2 Å². The molecule has 0 unspecified atom stereocenters. The van der Waals surface area contributed by atoms with E-state index in [9.17, 15) is 21.6 Å². The highest BCUT2D eigenvalue weighted by molar-refractivity contribution is 8.01. The topological polar surface area (TPSA) is 200 Å². The Bertz CT molecular complexity index is 1230. The van der Waals surface area contributed by atoms with E-state index in [2.05, 4.69) is 20.4 Å². The van der Waals surface area contributed by atoms with E-state index in [0.29, 0.717) is 41.6 Å². The lowest BCUT2D eigenvalue weighted by Crippen LogP contribution is -2.26. The average Bonchev–Trinajstić information content (AvgIpc) is 3.22. The lowest BCUT2D eigenvalue weighted by Gasteiger charge is -2.25. The van der Waals surface area contributed by atoms with Crippen LogP contribution in [0.4, 0.5) is 16.5 Å². The Balaban J connectivity index is 2.07. The van der Waals surface area contributed by atoms with Gasteiger partial charge in [-0.05, 0) is 43.9 Å². The van der Waals surface area contributed by atoms with E-state index in [1.54, 1.807) is 18.2 Å². The maximum Gasteiger partial charge on any atom is 0.313 e. The van der Waals surface area contributed by atoms with Crippen LogP contribution >= 0.6 is 34.7 Å². The van der Waals surface area contributed by atoms with Crippen molar-refractivity contribution in [3.63, 3.8) is 0 Å². The van der Waals surface area contributed by atoms with Crippen molar-refractivity contribution in [1.29, 1.82) is 0 Å². The van der Waals surface area contributed by atoms with Crippen molar-refractivity contribution < 1.29 is 35.8 Å². The molecular formula is C18H24ClN5O8S4. The minimum atomic E-state index is -4.06. The Hall–Kier alpha value is -1.89. The fraction of sp³-hybridized carbons (Fsp3) is 0.500. The van der Waals surface area contributed by atoms with Crippen LogP contribution in [0.1, 0.15) is 25.7 Å². The molecule has 36 heavy (non-hydrogen) atoms. The van der Waals surface area contributed by atoms with Crippen LogP contribution in [0.3, 0.4) is 0 Å². The number of anilines is 1. The number of hydrogen-bond donors (Lipinski definition) is 3. The minimum Gasteiger partial charge on any atom is -0.481 e. The zero-order chi connectivity index (χ0) is 26.8. The maximum atomic E-state index is 11.0. The molecule has 2 aromatic rings. The second-order valence-electron chi connectivity index (χ2n) is 7.34. The summed E-state index contributed by atoms with van der Waals surface area (Å²) in [7, 11) is -8.13. The zero-order valence-electron chi connectivity index (χ0n) is 18.7. The monoisotopic (exact) mass is 601 g/mol. The van der Waals surface area contributed by atoms with E-state index in [-0.39, 0.29) is 40.3 Å². The summed E-state index contributed by atoms with van der Waals surface area (Å²) < 4.78 is 62.1. The van der Waals surface area contributed by atoms with Crippen molar-refractivity contribution in [1.82, 2.24) is 10.2 Å². The molecule has 0 spiro atoms. The van der Waals surface area contributed by atoms with Gasteiger partial charge in [0.15, 0.2) is 4.34 Å². The highest BCUT2D eigenvalue weighted by Crippen LogP contribution is 2.33. The number of hydrogen-bond acceptors (Lipinski definition) is 12. The van der Waals surface area contributed by atoms with Gasteiger partial charge in [-0.1, -0.05) is 34.7 Å². The van der Waals surface area contributed by atoms with Gasteiger partial charge in [0.05, 0.1) is 22.3 Å². The third kappa shape index (κ3) is 12.4. The number of benzene rings is 1. The van der Waals surface area contributed by atoms with Gasteiger partial charge >= 0.3 is 5.97 Å². The Morgan fingerprint density at radius 1 is 1.00 bits per heavy atom. The third-order valence-corrected chi connectivity index (χ3v) is 8.25. The van der Waals surface area contributed by atoms with Gasteiger partial charge in [0.2, 0.25) is 0 Å². The predicted octanol–water partition coefficient (Wildman–Crippen LogP) is 3.93. The molecule has 18 heteroatoms. The zero-order valence-corrected chi connectivity index (χ0v) is 22.7. The van der Waals surface area contributed by atoms with Crippen molar-refractivity contribution in [2.45, 2.75) is 30.0 Å². The second-order valence-corrected chi connectivity index (χ2v) is 13.1. The van der Waals surface area contributed by atoms with E-state index >= 15 is 0 Å². The van der Waals surface area contributed by atoms with E-state index in [1.165, 1.54) is 0 Å². The lowest BCUT2D eigenvalue weighted by molar-refractivity contribution is -0.133. The summed E-state index contributed by atoms with van der Waals surface area (Å²) in [4.78, 5) is 12.5. The van der Waals surface area contributed by atoms with Gasteiger partial charge in [-0.3, -0.25) is 13.9 Å². The fourth-order valence-electron chi connectivity index (χ4n) is 2.84. The average molecular weight is 602 g/mol. The molecule has 0 saturated heterocycles. The number of carboxylic acids is 1. The molecule has 0 amide bonds. The van der Waals surface area contributed by atoms with E-state index < -0.39 is 26.2 Å². The van der Waals surface area contributed by atoms with Crippen LogP contribution in [0.15, 0.2) is 32.8 Å². The fourth-order valence-corrected chi connectivity index (χ4v) is 5.57. The van der Waals surface area contributed by atoms with Crippen LogP contribution < -0.4 is 4.90 Å². The number of thioether (sulfide) groups is 1. The highest BCUT2D eigenvalue weighted by atomic mass is 35.5. The van der Waals surface area contributed by atoms with Crippen LogP contribution in [0, 0.1) is 0 Å². The van der Waals surface area contributed by atoms with Gasteiger partial charge in [0, 0.05) is 18.8 Å². The summed E-state index contributed by atoms with van der Waals surface area (Å²) in [6.07, 6.45) is 1.34. The summed E-state index contributed by atoms with van der Waals surface area (Å²) in [5.41, 5.74) is 1.02. The van der Waals surface area contributed by atoms with Gasteiger partial charge in [-0.25, -0.2) is 0 Å². The van der Waals surface area contributed by atoms with Gasteiger partial charge in [0.25, 0.3) is 25.4 Å². The number of aliphatic carboxylic acids is 1. The molecule has 0 aliphatic heterocycles. The van der Waals surface area contributed by atoms with Crippen LogP contribution in [0.5, 0.6) is 0 Å². The summed E-state index contributed by atoms with van der Waals surface area (Å²) in [5, 5.41) is 24.9. The number of halogens is 1. The van der Waals surface area contributed by atoms with Crippen molar-refractivity contribution >= 4 is 77.4 Å².